The van der Waals surface area contributed by atoms with Crippen LogP contribution in [0.2, 0.25) is 0 Å². The van der Waals surface area contributed by atoms with Gasteiger partial charge in [0.05, 0.1) is 6.10 Å². The lowest BCUT2D eigenvalue weighted by Crippen LogP contribution is -2.32. The van der Waals surface area contributed by atoms with Crippen LogP contribution >= 0.6 is 0 Å². The van der Waals surface area contributed by atoms with Gasteiger partial charge in [-0.25, -0.2) is 4.79 Å². The predicted octanol–water partition coefficient (Wildman–Crippen LogP) is 2.84. The third kappa shape index (κ3) is 3.62. The minimum Gasteiger partial charge on any atom is -0.454 e. The van der Waals surface area contributed by atoms with E-state index in [0.29, 0.717) is 23.3 Å². The number of benzene rings is 1. The number of hydrogen-bond acceptors (Lipinski definition) is 4. The first-order chi connectivity index (χ1) is 10.7. The van der Waals surface area contributed by atoms with Crippen LogP contribution in [0, 0.1) is 0 Å². The van der Waals surface area contributed by atoms with Crippen molar-refractivity contribution in [1.82, 2.24) is 4.90 Å². The van der Waals surface area contributed by atoms with Crippen molar-refractivity contribution in [1.29, 1.82) is 0 Å². The molecule has 1 fully saturated rings. The first kappa shape index (κ1) is 15.0. The van der Waals surface area contributed by atoms with Gasteiger partial charge < -0.3 is 24.4 Å². The summed E-state index contributed by atoms with van der Waals surface area (Å²) in [5.41, 5.74) is 0.709. The molecule has 0 radical (unpaired) electrons. The molecular formula is C16H22N2O4. The molecule has 22 heavy (non-hydrogen) atoms. The largest absolute Gasteiger partial charge is 0.454 e. The minimum absolute atomic E-state index is 0.119. The fourth-order valence-electron chi connectivity index (χ4n) is 2.72. The number of anilines is 1. The van der Waals surface area contributed by atoms with Gasteiger partial charge in [0.15, 0.2) is 11.5 Å². The molecule has 0 spiro atoms. The smallest absolute Gasteiger partial charge is 0.321 e. The summed E-state index contributed by atoms with van der Waals surface area (Å²) < 4.78 is 16.1. The Morgan fingerprint density at radius 3 is 3.05 bits per heavy atom. The lowest BCUT2D eigenvalue weighted by molar-refractivity contribution is 0.101. The number of carbonyl (C=O) groups excluding carboxylic acids is 1. The summed E-state index contributed by atoms with van der Waals surface area (Å²) in [7, 11) is 1.80. The summed E-state index contributed by atoms with van der Waals surface area (Å²) in [5, 5.41) is 2.87. The zero-order valence-electron chi connectivity index (χ0n) is 12.8. The molecule has 1 atom stereocenters. The van der Waals surface area contributed by atoms with Crippen LogP contribution in [0.3, 0.4) is 0 Å². The molecule has 3 rings (SSSR count). The highest BCUT2D eigenvalue weighted by atomic mass is 16.7. The molecule has 1 saturated heterocycles. The normalized spacial score (nSPS) is 19.2. The maximum atomic E-state index is 12.2. The van der Waals surface area contributed by atoms with Crippen molar-refractivity contribution in [2.45, 2.75) is 31.8 Å². The molecule has 6 heteroatoms. The fourth-order valence-corrected chi connectivity index (χ4v) is 2.72. The van der Waals surface area contributed by atoms with Gasteiger partial charge >= 0.3 is 6.03 Å². The van der Waals surface area contributed by atoms with Crippen LogP contribution < -0.4 is 14.8 Å². The van der Waals surface area contributed by atoms with E-state index in [0.717, 1.165) is 38.8 Å². The third-order valence-corrected chi connectivity index (χ3v) is 4.01. The second kappa shape index (κ2) is 6.87. The van der Waals surface area contributed by atoms with Crippen molar-refractivity contribution >= 4 is 11.7 Å². The van der Waals surface area contributed by atoms with E-state index < -0.39 is 0 Å². The number of amides is 2. The highest BCUT2D eigenvalue weighted by Crippen LogP contribution is 2.34. The number of carbonyl (C=O) groups is 1. The van der Waals surface area contributed by atoms with Gasteiger partial charge in [0.1, 0.15) is 0 Å². The number of rotatable bonds is 5. The maximum absolute atomic E-state index is 12.2. The van der Waals surface area contributed by atoms with Crippen molar-refractivity contribution in [3.8, 4) is 11.5 Å². The molecular weight excluding hydrogens is 284 g/mol. The van der Waals surface area contributed by atoms with Gasteiger partial charge in [-0.1, -0.05) is 0 Å². The zero-order chi connectivity index (χ0) is 15.4. The van der Waals surface area contributed by atoms with E-state index >= 15 is 0 Å². The predicted molar refractivity (Wildman–Crippen MR) is 82.4 cm³/mol. The monoisotopic (exact) mass is 306 g/mol. The quantitative estimate of drug-likeness (QED) is 0.908. The first-order valence-electron chi connectivity index (χ1n) is 7.76. The number of hydrogen-bond donors (Lipinski definition) is 1. The van der Waals surface area contributed by atoms with Gasteiger partial charge in [0, 0.05) is 32.0 Å². The molecule has 6 nitrogen and oxygen atoms in total. The van der Waals surface area contributed by atoms with Gasteiger partial charge in [-0.2, -0.15) is 0 Å². The molecule has 120 valence electrons. The van der Waals surface area contributed by atoms with Crippen LogP contribution in [0.25, 0.3) is 0 Å². The zero-order valence-corrected chi connectivity index (χ0v) is 12.8. The number of nitrogens with zero attached hydrogens (tertiary/aromatic N) is 1. The Labute approximate surface area is 130 Å². The van der Waals surface area contributed by atoms with Gasteiger partial charge in [0.2, 0.25) is 6.79 Å². The van der Waals surface area contributed by atoms with Crippen LogP contribution in [0.1, 0.15) is 25.7 Å². The van der Waals surface area contributed by atoms with Crippen LogP contribution in [0.4, 0.5) is 10.5 Å². The molecule has 2 aliphatic rings. The Morgan fingerprint density at radius 2 is 2.23 bits per heavy atom. The van der Waals surface area contributed by atoms with E-state index in [1.165, 1.54) is 0 Å². The van der Waals surface area contributed by atoms with Gasteiger partial charge in [-0.3, -0.25) is 0 Å². The maximum Gasteiger partial charge on any atom is 0.321 e. The Morgan fingerprint density at radius 1 is 1.36 bits per heavy atom. The molecule has 0 saturated carbocycles. The number of nitrogens with one attached hydrogen (secondary N) is 1. The number of ether oxygens (including phenoxy) is 3. The molecule has 0 aliphatic carbocycles. The molecule has 1 aromatic carbocycles. The Bertz CT molecular complexity index is 529. The molecule has 2 aliphatic heterocycles. The van der Waals surface area contributed by atoms with E-state index in [1.807, 2.05) is 6.07 Å². The Kier molecular flexibility index (Phi) is 4.68. The third-order valence-electron chi connectivity index (χ3n) is 4.01. The topological polar surface area (TPSA) is 60.0 Å². The SMILES string of the molecule is CN(CCCC1CCCO1)C(=O)Nc1ccc2c(c1)OCO2. The summed E-state index contributed by atoms with van der Waals surface area (Å²) in [6.45, 7) is 1.83. The average Bonchev–Trinajstić information content (AvgIpc) is 3.17. The van der Waals surface area contributed by atoms with Gasteiger partial charge in [-0.15, -0.1) is 0 Å². The van der Waals surface area contributed by atoms with Crippen molar-refractivity contribution < 1.29 is 19.0 Å². The molecule has 1 aromatic rings. The van der Waals surface area contributed by atoms with Crippen molar-refractivity contribution in [3.05, 3.63) is 18.2 Å². The first-order valence-corrected chi connectivity index (χ1v) is 7.76. The summed E-state index contributed by atoms with van der Waals surface area (Å²) in [5.74, 6) is 1.38. The van der Waals surface area contributed by atoms with E-state index in [9.17, 15) is 4.79 Å². The summed E-state index contributed by atoms with van der Waals surface area (Å²) in [6, 6.07) is 5.27. The molecule has 1 N–H and O–H groups in total. The standard InChI is InChI=1S/C16H22N2O4/c1-18(8-2-4-13-5-3-9-20-13)16(19)17-12-6-7-14-15(10-12)22-11-21-14/h6-7,10,13H,2-5,8-9,11H2,1H3,(H,17,19). The van der Waals surface area contributed by atoms with E-state index in [1.54, 1.807) is 24.1 Å². The van der Waals surface area contributed by atoms with E-state index in [2.05, 4.69) is 5.32 Å². The van der Waals surface area contributed by atoms with E-state index in [4.69, 9.17) is 14.2 Å². The Hall–Kier alpha value is -1.95. The van der Waals surface area contributed by atoms with Crippen molar-refractivity contribution in [2.75, 3.05) is 32.3 Å². The molecule has 1 unspecified atom stereocenters. The highest BCUT2D eigenvalue weighted by Gasteiger charge is 2.17. The number of urea groups is 1. The van der Waals surface area contributed by atoms with Crippen LogP contribution in [-0.4, -0.2) is 44.0 Å². The number of fused-ring (bicyclic) bond motifs is 1. The van der Waals surface area contributed by atoms with E-state index in [-0.39, 0.29) is 12.8 Å². The lowest BCUT2D eigenvalue weighted by Gasteiger charge is -2.19. The highest BCUT2D eigenvalue weighted by molar-refractivity contribution is 5.89. The van der Waals surface area contributed by atoms with Gasteiger partial charge in [0.25, 0.3) is 0 Å². The average molecular weight is 306 g/mol. The second-order valence-electron chi connectivity index (χ2n) is 5.70. The molecule has 0 aromatic heterocycles. The second-order valence-corrected chi connectivity index (χ2v) is 5.70. The van der Waals surface area contributed by atoms with Crippen molar-refractivity contribution in [3.63, 3.8) is 0 Å². The van der Waals surface area contributed by atoms with Crippen LogP contribution in [0.5, 0.6) is 11.5 Å². The minimum atomic E-state index is -0.119. The lowest BCUT2D eigenvalue weighted by atomic mass is 10.1. The fraction of sp³-hybridized carbons (Fsp3) is 0.562. The summed E-state index contributed by atoms with van der Waals surface area (Å²) >= 11 is 0. The summed E-state index contributed by atoms with van der Waals surface area (Å²) in [6.07, 6.45) is 4.65. The molecule has 2 amide bonds. The molecule has 0 bridgehead atoms. The van der Waals surface area contributed by atoms with Gasteiger partial charge in [-0.05, 0) is 37.8 Å². The van der Waals surface area contributed by atoms with Crippen LogP contribution in [0.15, 0.2) is 18.2 Å². The van der Waals surface area contributed by atoms with Crippen molar-refractivity contribution in [2.24, 2.45) is 0 Å². The molecule has 2 heterocycles. The Balaban J connectivity index is 1.44. The summed E-state index contributed by atoms with van der Waals surface area (Å²) in [4.78, 5) is 13.8. The van der Waals surface area contributed by atoms with Crippen LogP contribution in [-0.2, 0) is 4.74 Å².